The molecule has 2 aliphatic heterocycles. The topological polar surface area (TPSA) is 53.0 Å². The van der Waals surface area contributed by atoms with Crippen LogP contribution in [0.2, 0.25) is 0 Å². The van der Waals surface area contributed by atoms with E-state index < -0.39 is 9.84 Å². The molecule has 23 heavy (non-hydrogen) atoms. The summed E-state index contributed by atoms with van der Waals surface area (Å²) in [4.78, 5) is 8.91. The zero-order chi connectivity index (χ0) is 16.1. The molecule has 3 rings (SSSR count). The second-order valence-corrected chi connectivity index (χ2v) is 8.11. The number of hydrogen-bond acceptors (Lipinski definition) is 5. The highest BCUT2D eigenvalue weighted by Crippen LogP contribution is 2.20. The lowest BCUT2D eigenvalue weighted by atomic mass is 10.3. The molecule has 0 N–H and O–H groups in total. The van der Waals surface area contributed by atoms with Crippen molar-refractivity contribution >= 4 is 21.7 Å². The summed E-state index contributed by atoms with van der Waals surface area (Å²) in [5.41, 5.74) is 0.953. The molecule has 1 aromatic carbocycles. The van der Waals surface area contributed by atoms with Gasteiger partial charge in [-0.3, -0.25) is 4.99 Å². The van der Waals surface area contributed by atoms with Crippen LogP contribution in [0.5, 0.6) is 0 Å². The molecular weight excluding hydrogens is 310 g/mol. The maximum Gasteiger partial charge on any atom is 0.178 e. The van der Waals surface area contributed by atoms with E-state index in [0.29, 0.717) is 18.0 Å². The molecule has 0 aliphatic carbocycles. The highest BCUT2D eigenvalue weighted by molar-refractivity contribution is 7.91. The lowest BCUT2D eigenvalue weighted by Gasteiger charge is -2.20. The van der Waals surface area contributed by atoms with Crippen LogP contribution in [0.4, 0.5) is 5.69 Å². The minimum Gasteiger partial charge on any atom is -0.328 e. The van der Waals surface area contributed by atoms with Gasteiger partial charge in [0.25, 0.3) is 0 Å². The number of likely N-dealkylation sites (tertiary alicyclic amines) is 1. The molecule has 0 atom stereocenters. The van der Waals surface area contributed by atoms with Crippen molar-refractivity contribution in [1.29, 1.82) is 0 Å². The Morgan fingerprint density at radius 2 is 1.83 bits per heavy atom. The number of anilines is 1. The van der Waals surface area contributed by atoms with Crippen molar-refractivity contribution in [3.8, 4) is 0 Å². The van der Waals surface area contributed by atoms with Gasteiger partial charge in [0.2, 0.25) is 0 Å². The number of rotatable bonds is 6. The third-order valence-electron chi connectivity index (χ3n) is 4.31. The van der Waals surface area contributed by atoms with Crippen LogP contribution in [0.3, 0.4) is 0 Å². The Labute approximate surface area is 138 Å². The summed E-state index contributed by atoms with van der Waals surface area (Å²) >= 11 is 0. The average Bonchev–Trinajstić information content (AvgIpc) is 3.09. The van der Waals surface area contributed by atoms with Crippen molar-refractivity contribution in [2.24, 2.45) is 4.99 Å². The van der Waals surface area contributed by atoms with Gasteiger partial charge in [0.05, 0.1) is 10.6 Å². The van der Waals surface area contributed by atoms with Crippen molar-refractivity contribution < 1.29 is 8.42 Å². The van der Waals surface area contributed by atoms with Gasteiger partial charge >= 0.3 is 0 Å². The molecular formula is C17H23N3O2S. The number of benzene rings is 1. The normalized spacial score (nSPS) is 18.7. The van der Waals surface area contributed by atoms with E-state index in [2.05, 4.69) is 9.89 Å². The van der Waals surface area contributed by atoms with Crippen LogP contribution in [-0.4, -0.2) is 51.6 Å². The number of allylic oxidation sites excluding steroid dienone is 1. The first-order valence-electron chi connectivity index (χ1n) is 8.14. The summed E-state index contributed by atoms with van der Waals surface area (Å²) in [6.07, 6.45) is 8.74. The second-order valence-electron chi connectivity index (χ2n) is 6.00. The monoisotopic (exact) mass is 333 g/mol. The summed E-state index contributed by atoms with van der Waals surface area (Å²) in [6.45, 7) is 3.67. The molecule has 0 radical (unpaired) electrons. The molecule has 5 nitrogen and oxygen atoms in total. The fraction of sp³-hybridized carbons (Fsp3) is 0.471. The number of sulfone groups is 1. The smallest absolute Gasteiger partial charge is 0.178 e. The van der Waals surface area contributed by atoms with Crippen LogP contribution in [0.1, 0.15) is 19.3 Å². The summed E-state index contributed by atoms with van der Waals surface area (Å²) in [5.74, 6) is 0.219. The van der Waals surface area contributed by atoms with Gasteiger partial charge < -0.3 is 9.80 Å². The highest BCUT2D eigenvalue weighted by atomic mass is 32.2. The van der Waals surface area contributed by atoms with E-state index in [1.807, 2.05) is 29.3 Å². The van der Waals surface area contributed by atoms with Crippen molar-refractivity contribution in [1.82, 2.24) is 4.90 Å². The van der Waals surface area contributed by atoms with Crippen LogP contribution in [0.25, 0.3) is 0 Å². The Hall–Kier alpha value is -1.66. The summed E-state index contributed by atoms with van der Waals surface area (Å²) in [7, 11) is -3.19. The molecule has 0 aromatic heterocycles. The minimum atomic E-state index is -3.19. The predicted octanol–water partition coefficient (Wildman–Crippen LogP) is 2.31. The van der Waals surface area contributed by atoms with E-state index in [1.165, 1.54) is 12.8 Å². The van der Waals surface area contributed by atoms with Crippen LogP contribution in [-0.2, 0) is 9.84 Å². The Morgan fingerprint density at radius 3 is 2.48 bits per heavy atom. The van der Waals surface area contributed by atoms with Gasteiger partial charge in [-0.2, -0.15) is 0 Å². The van der Waals surface area contributed by atoms with Gasteiger partial charge in [-0.15, -0.1) is 0 Å². The Kier molecular flexibility index (Phi) is 5.13. The predicted molar refractivity (Wildman–Crippen MR) is 93.8 cm³/mol. The Balaban J connectivity index is 1.58. The Bertz CT molecular complexity index is 674. The van der Waals surface area contributed by atoms with E-state index >= 15 is 0 Å². The van der Waals surface area contributed by atoms with E-state index in [9.17, 15) is 8.42 Å². The summed E-state index contributed by atoms with van der Waals surface area (Å²) < 4.78 is 24.8. The van der Waals surface area contributed by atoms with Gasteiger partial charge in [0, 0.05) is 18.1 Å². The van der Waals surface area contributed by atoms with Crippen molar-refractivity contribution in [2.75, 3.05) is 37.0 Å². The van der Waals surface area contributed by atoms with E-state index in [1.54, 1.807) is 18.3 Å². The third kappa shape index (κ3) is 4.20. The first kappa shape index (κ1) is 16.2. The zero-order valence-electron chi connectivity index (χ0n) is 13.3. The lowest BCUT2D eigenvalue weighted by molar-refractivity contribution is 0.340. The number of hydrogen-bond donors (Lipinski definition) is 0. The van der Waals surface area contributed by atoms with E-state index in [4.69, 9.17) is 0 Å². The van der Waals surface area contributed by atoms with Crippen molar-refractivity contribution in [3.05, 3.63) is 36.5 Å². The van der Waals surface area contributed by atoms with Gasteiger partial charge in [0.1, 0.15) is 6.67 Å². The quantitative estimate of drug-likeness (QED) is 0.802. The van der Waals surface area contributed by atoms with Crippen LogP contribution < -0.4 is 4.90 Å². The van der Waals surface area contributed by atoms with E-state index in [0.717, 1.165) is 25.3 Å². The Morgan fingerprint density at radius 1 is 1.09 bits per heavy atom. The third-order valence-corrected chi connectivity index (χ3v) is 6.12. The molecule has 0 bridgehead atoms. The summed E-state index contributed by atoms with van der Waals surface area (Å²) in [6, 6.07) is 7.09. The van der Waals surface area contributed by atoms with Crippen LogP contribution in [0, 0.1) is 0 Å². The standard InChI is InChI=1S/C17H23N3O2S/c21-23(22,14-4-12-19-10-1-2-11-19)17-7-5-16(6-8-17)20-13-3-9-18-15-20/h3,5-9,13H,1-2,4,10-12,14-15H2. The molecule has 0 amide bonds. The number of aliphatic imine (C=N–C) groups is 1. The fourth-order valence-corrected chi connectivity index (χ4v) is 4.30. The largest absolute Gasteiger partial charge is 0.328 e. The van der Waals surface area contributed by atoms with Gasteiger partial charge in [-0.05, 0) is 69.2 Å². The molecule has 1 saturated heterocycles. The number of nitrogens with zero attached hydrogens (tertiary/aromatic N) is 3. The zero-order valence-corrected chi connectivity index (χ0v) is 14.1. The molecule has 1 fully saturated rings. The molecule has 0 unspecified atom stereocenters. The molecule has 0 spiro atoms. The van der Waals surface area contributed by atoms with Gasteiger partial charge in [-0.25, -0.2) is 8.42 Å². The maximum absolute atomic E-state index is 12.4. The van der Waals surface area contributed by atoms with Gasteiger partial charge in [0.15, 0.2) is 9.84 Å². The first-order chi connectivity index (χ1) is 11.1. The lowest BCUT2D eigenvalue weighted by Crippen LogP contribution is -2.22. The SMILES string of the molecule is O=S(=O)(CCCN1CCCC1)c1ccc(N2C=CC=NC2)cc1. The molecule has 0 saturated carbocycles. The molecule has 2 heterocycles. The van der Waals surface area contributed by atoms with Crippen molar-refractivity contribution in [3.63, 3.8) is 0 Å². The van der Waals surface area contributed by atoms with Crippen molar-refractivity contribution in [2.45, 2.75) is 24.2 Å². The average molecular weight is 333 g/mol. The fourth-order valence-electron chi connectivity index (χ4n) is 3.00. The highest BCUT2D eigenvalue weighted by Gasteiger charge is 2.17. The second kappa shape index (κ2) is 7.27. The molecule has 6 heteroatoms. The molecule has 124 valence electrons. The van der Waals surface area contributed by atoms with Crippen LogP contribution >= 0.6 is 0 Å². The van der Waals surface area contributed by atoms with E-state index in [-0.39, 0.29) is 5.75 Å². The van der Waals surface area contributed by atoms with Gasteiger partial charge in [-0.1, -0.05) is 0 Å². The maximum atomic E-state index is 12.4. The van der Waals surface area contributed by atoms with Crippen LogP contribution in [0.15, 0.2) is 46.4 Å². The molecule has 1 aromatic rings. The first-order valence-corrected chi connectivity index (χ1v) is 9.79. The molecule has 2 aliphatic rings. The minimum absolute atomic E-state index is 0.219. The summed E-state index contributed by atoms with van der Waals surface area (Å²) in [5, 5.41) is 0.